The molecular formula is C15H13N3O. The number of rotatable bonds is 3. The summed E-state index contributed by atoms with van der Waals surface area (Å²) in [6, 6.07) is 14.7. The quantitative estimate of drug-likeness (QED) is 0.703. The van der Waals surface area contributed by atoms with Gasteiger partial charge in [-0.05, 0) is 36.4 Å². The number of nitrogens with one attached hydrogen (secondary N) is 1. The molecular weight excluding hydrogens is 238 g/mol. The second-order valence-corrected chi connectivity index (χ2v) is 4.25. The Labute approximate surface area is 110 Å². The van der Waals surface area contributed by atoms with Crippen molar-refractivity contribution >= 4 is 16.7 Å². The molecule has 3 aromatic rings. The number of aromatic nitrogens is 2. The van der Waals surface area contributed by atoms with Gasteiger partial charge < -0.3 is 10.4 Å². The standard InChI is InChI=1S/C15H13N3O/c19-13-7-5-11(6-8-13)16-9-12-10-17-14-3-1-2-4-15(14)18-12/h1-8,10,16,19H,9H2. The molecule has 1 aromatic heterocycles. The fraction of sp³-hybridized carbons (Fsp3) is 0.0667. The van der Waals surface area contributed by atoms with Crippen molar-refractivity contribution < 1.29 is 5.11 Å². The topological polar surface area (TPSA) is 58.0 Å². The van der Waals surface area contributed by atoms with E-state index in [2.05, 4.69) is 15.3 Å². The minimum atomic E-state index is 0.260. The van der Waals surface area contributed by atoms with Gasteiger partial charge in [0.25, 0.3) is 0 Å². The number of fused-ring (bicyclic) bond motifs is 1. The number of hydrogen-bond acceptors (Lipinski definition) is 4. The summed E-state index contributed by atoms with van der Waals surface area (Å²) in [4.78, 5) is 8.90. The molecule has 0 radical (unpaired) electrons. The lowest BCUT2D eigenvalue weighted by Gasteiger charge is -2.06. The molecule has 0 saturated heterocycles. The van der Waals surface area contributed by atoms with E-state index in [0.29, 0.717) is 6.54 Å². The summed E-state index contributed by atoms with van der Waals surface area (Å²) < 4.78 is 0. The molecule has 2 aromatic carbocycles. The maximum Gasteiger partial charge on any atom is 0.115 e. The number of para-hydroxylation sites is 2. The van der Waals surface area contributed by atoms with Gasteiger partial charge in [-0.3, -0.25) is 4.98 Å². The highest BCUT2D eigenvalue weighted by molar-refractivity contribution is 5.73. The Hall–Kier alpha value is -2.62. The minimum absolute atomic E-state index is 0.260. The average Bonchev–Trinajstić information content (AvgIpc) is 2.46. The Morgan fingerprint density at radius 3 is 2.47 bits per heavy atom. The van der Waals surface area contributed by atoms with Gasteiger partial charge in [-0.25, -0.2) is 4.98 Å². The van der Waals surface area contributed by atoms with E-state index in [4.69, 9.17) is 0 Å². The molecule has 0 bridgehead atoms. The lowest BCUT2D eigenvalue weighted by Crippen LogP contribution is -2.02. The van der Waals surface area contributed by atoms with Gasteiger partial charge in [-0.2, -0.15) is 0 Å². The summed E-state index contributed by atoms with van der Waals surface area (Å²) in [5, 5.41) is 12.4. The maximum absolute atomic E-state index is 9.21. The molecule has 0 atom stereocenters. The molecule has 0 amide bonds. The van der Waals surface area contributed by atoms with Gasteiger partial charge in [0.1, 0.15) is 5.75 Å². The Balaban J connectivity index is 1.76. The van der Waals surface area contributed by atoms with E-state index in [0.717, 1.165) is 22.4 Å². The minimum Gasteiger partial charge on any atom is -0.508 e. The number of anilines is 1. The highest BCUT2D eigenvalue weighted by Gasteiger charge is 1.99. The number of nitrogens with zero attached hydrogens (tertiary/aromatic N) is 2. The highest BCUT2D eigenvalue weighted by Crippen LogP contribution is 2.15. The molecule has 0 aliphatic carbocycles. The lowest BCUT2D eigenvalue weighted by atomic mass is 10.3. The van der Waals surface area contributed by atoms with Gasteiger partial charge >= 0.3 is 0 Å². The largest absolute Gasteiger partial charge is 0.508 e. The first-order valence-corrected chi connectivity index (χ1v) is 6.05. The van der Waals surface area contributed by atoms with Crippen molar-refractivity contribution in [2.24, 2.45) is 0 Å². The molecule has 2 N–H and O–H groups in total. The van der Waals surface area contributed by atoms with E-state index in [1.165, 1.54) is 0 Å². The Kier molecular flexibility index (Phi) is 2.98. The van der Waals surface area contributed by atoms with Gasteiger partial charge in [-0.15, -0.1) is 0 Å². The van der Waals surface area contributed by atoms with Crippen LogP contribution in [0.25, 0.3) is 11.0 Å². The van der Waals surface area contributed by atoms with Crippen LogP contribution in [0, 0.1) is 0 Å². The van der Waals surface area contributed by atoms with Crippen LogP contribution in [0.4, 0.5) is 5.69 Å². The SMILES string of the molecule is Oc1ccc(NCc2cnc3ccccc3n2)cc1. The van der Waals surface area contributed by atoms with Crippen molar-refractivity contribution in [3.63, 3.8) is 0 Å². The molecule has 0 saturated carbocycles. The first kappa shape index (κ1) is 11.5. The van der Waals surface area contributed by atoms with Gasteiger partial charge in [-0.1, -0.05) is 12.1 Å². The highest BCUT2D eigenvalue weighted by atomic mass is 16.3. The molecule has 0 fully saturated rings. The Morgan fingerprint density at radius 2 is 1.68 bits per heavy atom. The number of aromatic hydroxyl groups is 1. The molecule has 0 unspecified atom stereocenters. The number of phenolic OH excluding ortho intramolecular Hbond substituents is 1. The molecule has 94 valence electrons. The smallest absolute Gasteiger partial charge is 0.115 e. The fourth-order valence-electron chi connectivity index (χ4n) is 1.85. The van der Waals surface area contributed by atoms with Crippen LogP contribution in [0.1, 0.15) is 5.69 Å². The summed E-state index contributed by atoms with van der Waals surface area (Å²) in [7, 11) is 0. The third kappa shape index (κ3) is 2.63. The fourth-order valence-corrected chi connectivity index (χ4v) is 1.85. The second-order valence-electron chi connectivity index (χ2n) is 4.25. The first-order valence-electron chi connectivity index (χ1n) is 6.05. The number of phenols is 1. The van der Waals surface area contributed by atoms with Crippen molar-refractivity contribution in [3.8, 4) is 5.75 Å². The molecule has 19 heavy (non-hydrogen) atoms. The first-order chi connectivity index (χ1) is 9.31. The Morgan fingerprint density at radius 1 is 0.947 bits per heavy atom. The van der Waals surface area contributed by atoms with E-state index < -0.39 is 0 Å². The van der Waals surface area contributed by atoms with Gasteiger partial charge in [0.15, 0.2) is 0 Å². The normalized spacial score (nSPS) is 10.5. The van der Waals surface area contributed by atoms with Crippen molar-refractivity contribution in [1.29, 1.82) is 0 Å². The van der Waals surface area contributed by atoms with Crippen LogP contribution in [0.2, 0.25) is 0 Å². The van der Waals surface area contributed by atoms with Crippen molar-refractivity contribution in [1.82, 2.24) is 9.97 Å². The van der Waals surface area contributed by atoms with Crippen LogP contribution in [0.3, 0.4) is 0 Å². The van der Waals surface area contributed by atoms with Crippen LogP contribution in [0.5, 0.6) is 5.75 Å². The number of hydrogen-bond donors (Lipinski definition) is 2. The Bertz CT molecular complexity index is 695. The lowest BCUT2D eigenvalue weighted by molar-refractivity contribution is 0.475. The summed E-state index contributed by atoms with van der Waals surface area (Å²) >= 11 is 0. The van der Waals surface area contributed by atoms with Gasteiger partial charge in [0.2, 0.25) is 0 Å². The van der Waals surface area contributed by atoms with Crippen LogP contribution < -0.4 is 5.32 Å². The predicted molar refractivity (Wildman–Crippen MR) is 75.0 cm³/mol. The summed E-state index contributed by atoms with van der Waals surface area (Å²) in [6.45, 7) is 0.600. The second kappa shape index (κ2) is 4.94. The molecule has 0 aliphatic rings. The third-order valence-corrected chi connectivity index (χ3v) is 2.84. The van der Waals surface area contributed by atoms with Crippen LogP contribution >= 0.6 is 0 Å². The van der Waals surface area contributed by atoms with Gasteiger partial charge in [0, 0.05) is 5.69 Å². The van der Waals surface area contributed by atoms with Crippen molar-refractivity contribution in [2.75, 3.05) is 5.32 Å². The summed E-state index contributed by atoms with van der Waals surface area (Å²) in [5.74, 6) is 0.260. The molecule has 0 spiro atoms. The zero-order chi connectivity index (χ0) is 13.1. The van der Waals surface area contributed by atoms with E-state index in [1.54, 1.807) is 18.3 Å². The molecule has 3 rings (SSSR count). The van der Waals surface area contributed by atoms with Crippen LogP contribution in [-0.2, 0) is 6.54 Å². The molecule has 4 nitrogen and oxygen atoms in total. The third-order valence-electron chi connectivity index (χ3n) is 2.84. The van der Waals surface area contributed by atoms with Gasteiger partial charge in [0.05, 0.1) is 29.5 Å². The zero-order valence-electron chi connectivity index (χ0n) is 10.2. The van der Waals surface area contributed by atoms with E-state index in [1.807, 2.05) is 36.4 Å². The van der Waals surface area contributed by atoms with Crippen LogP contribution in [-0.4, -0.2) is 15.1 Å². The molecule has 0 aliphatic heterocycles. The maximum atomic E-state index is 9.21. The van der Waals surface area contributed by atoms with Crippen molar-refractivity contribution in [2.45, 2.75) is 6.54 Å². The molecule has 1 heterocycles. The van der Waals surface area contributed by atoms with Crippen molar-refractivity contribution in [3.05, 3.63) is 60.4 Å². The number of benzene rings is 2. The zero-order valence-corrected chi connectivity index (χ0v) is 10.2. The van der Waals surface area contributed by atoms with E-state index >= 15 is 0 Å². The summed E-state index contributed by atoms with van der Waals surface area (Å²) in [5.41, 5.74) is 3.61. The monoisotopic (exact) mass is 251 g/mol. The van der Waals surface area contributed by atoms with Crippen LogP contribution in [0.15, 0.2) is 54.7 Å². The average molecular weight is 251 g/mol. The predicted octanol–water partition coefficient (Wildman–Crippen LogP) is 2.95. The van der Waals surface area contributed by atoms with E-state index in [-0.39, 0.29) is 5.75 Å². The summed E-state index contributed by atoms with van der Waals surface area (Å²) in [6.07, 6.45) is 1.77. The van der Waals surface area contributed by atoms with E-state index in [9.17, 15) is 5.11 Å². The molecule has 4 heteroatoms.